The van der Waals surface area contributed by atoms with Crippen molar-refractivity contribution in [1.82, 2.24) is 14.8 Å². The number of hydrogen-bond donors (Lipinski definition) is 0. The highest BCUT2D eigenvalue weighted by molar-refractivity contribution is 7.18. The third-order valence-electron chi connectivity index (χ3n) is 6.08. The molecule has 0 spiro atoms. The molecule has 28 heavy (non-hydrogen) atoms. The molecule has 146 valence electrons. The maximum Gasteiger partial charge on any atom is 0.236 e. The van der Waals surface area contributed by atoms with E-state index in [-0.39, 0.29) is 0 Å². The van der Waals surface area contributed by atoms with Crippen molar-refractivity contribution in [2.75, 3.05) is 26.2 Å². The number of carbonyl (C=O) groups is 1. The predicted molar refractivity (Wildman–Crippen MR) is 116 cm³/mol. The van der Waals surface area contributed by atoms with Gasteiger partial charge in [0.15, 0.2) is 0 Å². The number of thiophene rings is 1. The topological polar surface area (TPSA) is 36.4 Å². The number of likely N-dealkylation sites (tertiary alicyclic amines) is 2. The summed E-state index contributed by atoms with van der Waals surface area (Å²) in [4.78, 5) is 23.6. The number of piperidine rings is 1. The van der Waals surface area contributed by atoms with Crippen LogP contribution in [0.1, 0.15) is 47.5 Å². The van der Waals surface area contributed by atoms with Gasteiger partial charge >= 0.3 is 0 Å². The van der Waals surface area contributed by atoms with Crippen LogP contribution in [0, 0.1) is 0 Å². The summed E-state index contributed by atoms with van der Waals surface area (Å²) in [5.41, 5.74) is 1.11. The molecular weight excluding hydrogens is 386 g/mol. The van der Waals surface area contributed by atoms with Crippen LogP contribution < -0.4 is 0 Å². The SMILES string of the molecule is O=C(CN1CCCC1c1cccs1)N1CCC(c2nc3ccccc3s2)CC1. The largest absolute Gasteiger partial charge is 0.342 e. The van der Waals surface area contributed by atoms with Gasteiger partial charge in [-0.1, -0.05) is 18.2 Å². The Labute approximate surface area is 173 Å². The van der Waals surface area contributed by atoms with Crippen LogP contribution in [0.3, 0.4) is 0 Å². The molecule has 4 heterocycles. The Balaban J connectivity index is 1.19. The summed E-state index contributed by atoms with van der Waals surface area (Å²) in [5, 5.41) is 3.38. The van der Waals surface area contributed by atoms with E-state index in [1.165, 1.54) is 27.4 Å². The Hall–Kier alpha value is -1.76. The van der Waals surface area contributed by atoms with E-state index in [1.54, 1.807) is 0 Å². The maximum atomic E-state index is 12.9. The molecule has 1 aromatic carbocycles. The van der Waals surface area contributed by atoms with E-state index in [1.807, 2.05) is 22.7 Å². The van der Waals surface area contributed by atoms with Crippen LogP contribution in [0.5, 0.6) is 0 Å². The van der Waals surface area contributed by atoms with Gasteiger partial charge in [-0.05, 0) is 55.8 Å². The standard InChI is InChI=1S/C22H25N3OS2/c26-21(15-25-11-3-6-18(25)20-8-4-14-27-20)24-12-9-16(10-13-24)22-23-17-5-1-2-7-19(17)28-22/h1-2,4-5,7-8,14,16,18H,3,6,9-13,15H2. The predicted octanol–water partition coefficient (Wildman–Crippen LogP) is 4.90. The quantitative estimate of drug-likeness (QED) is 0.613. The third kappa shape index (κ3) is 3.61. The van der Waals surface area contributed by atoms with Crippen LogP contribution >= 0.6 is 22.7 Å². The molecule has 5 rings (SSSR count). The highest BCUT2D eigenvalue weighted by Crippen LogP contribution is 2.36. The van der Waals surface area contributed by atoms with Crippen LogP contribution in [0.4, 0.5) is 0 Å². The number of aromatic nitrogens is 1. The fraction of sp³-hybridized carbons (Fsp3) is 0.455. The molecule has 0 radical (unpaired) electrons. The van der Waals surface area contributed by atoms with Gasteiger partial charge in [-0.15, -0.1) is 22.7 Å². The first-order chi connectivity index (χ1) is 13.8. The number of benzene rings is 1. The average Bonchev–Trinajstić information content (AvgIpc) is 3.47. The van der Waals surface area contributed by atoms with Gasteiger partial charge in [0.1, 0.15) is 0 Å². The Morgan fingerprint density at radius 2 is 1.93 bits per heavy atom. The van der Waals surface area contributed by atoms with Crippen molar-refractivity contribution in [3.8, 4) is 0 Å². The van der Waals surface area contributed by atoms with Crippen molar-refractivity contribution in [3.63, 3.8) is 0 Å². The zero-order valence-electron chi connectivity index (χ0n) is 15.9. The summed E-state index contributed by atoms with van der Waals surface area (Å²) in [6, 6.07) is 13.1. The Morgan fingerprint density at radius 1 is 1.07 bits per heavy atom. The summed E-state index contributed by atoms with van der Waals surface area (Å²) in [6.07, 6.45) is 4.42. The molecule has 0 saturated carbocycles. The number of carbonyl (C=O) groups excluding carboxylic acids is 1. The minimum Gasteiger partial charge on any atom is -0.342 e. The lowest BCUT2D eigenvalue weighted by Gasteiger charge is -2.33. The Kier molecular flexibility index (Phi) is 5.18. The minimum absolute atomic E-state index is 0.297. The monoisotopic (exact) mass is 411 g/mol. The van der Waals surface area contributed by atoms with Crippen molar-refractivity contribution < 1.29 is 4.79 Å². The number of nitrogens with zero attached hydrogens (tertiary/aromatic N) is 3. The summed E-state index contributed by atoms with van der Waals surface area (Å²) >= 11 is 3.63. The number of para-hydroxylation sites is 1. The summed E-state index contributed by atoms with van der Waals surface area (Å²) in [6.45, 7) is 3.32. The molecule has 6 heteroatoms. The van der Waals surface area contributed by atoms with Crippen molar-refractivity contribution in [2.24, 2.45) is 0 Å². The second kappa shape index (κ2) is 7.93. The molecule has 2 aliphatic rings. The first-order valence-electron chi connectivity index (χ1n) is 10.2. The summed E-state index contributed by atoms with van der Waals surface area (Å²) in [5.74, 6) is 0.790. The number of thiazole rings is 1. The number of hydrogen-bond acceptors (Lipinski definition) is 5. The Morgan fingerprint density at radius 3 is 2.71 bits per heavy atom. The third-order valence-corrected chi connectivity index (χ3v) is 8.25. The van der Waals surface area contributed by atoms with E-state index in [2.05, 4.69) is 51.6 Å². The molecule has 3 aromatic rings. The van der Waals surface area contributed by atoms with Gasteiger partial charge in [-0.25, -0.2) is 4.98 Å². The van der Waals surface area contributed by atoms with Crippen molar-refractivity contribution in [3.05, 3.63) is 51.7 Å². The number of rotatable bonds is 4. The molecule has 2 aromatic heterocycles. The molecule has 0 bridgehead atoms. The van der Waals surface area contributed by atoms with E-state index in [0.717, 1.165) is 38.0 Å². The zero-order valence-corrected chi connectivity index (χ0v) is 17.6. The van der Waals surface area contributed by atoms with Crippen LogP contribution in [0.25, 0.3) is 10.2 Å². The number of amides is 1. The molecule has 0 aliphatic carbocycles. The van der Waals surface area contributed by atoms with Crippen molar-refractivity contribution >= 4 is 38.8 Å². The highest BCUT2D eigenvalue weighted by Gasteiger charge is 2.31. The van der Waals surface area contributed by atoms with Crippen molar-refractivity contribution in [2.45, 2.75) is 37.6 Å². The minimum atomic E-state index is 0.297. The fourth-order valence-corrected chi connectivity index (χ4v) is 6.56. The van der Waals surface area contributed by atoms with E-state index in [9.17, 15) is 4.79 Å². The normalized spacial score (nSPS) is 21.6. The summed E-state index contributed by atoms with van der Waals surface area (Å²) < 4.78 is 1.27. The lowest BCUT2D eigenvalue weighted by molar-refractivity contribution is -0.133. The maximum absolute atomic E-state index is 12.9. The first kappa shape index (κ1) is 18.3. The second-order valence-corrected chi connectivity index (χ2v) is 9.86. The molecule has 0 N–H and O–H groups in total. The van der Waals surface area contributed by atoms with Gasteiger partial charge in [0.25, 0.3) is 0 Å². The molecule has 4 nitrogen and oxygen atoms in total. The molecule has 2 aliphatic heterocycles. The smallest absolute Gasteiger partial charge is 0.236 e. The highest BCUT2D eigenvalue weighted by atomic mass is 32.1. The van der Waals surface area contributed by atoms with Gasteiger partial charge in [0.05, 0.1) is 21.8 Å². The van der Waals surface area contributed by atoms with Crippen LogP contribution in [-0.4, -0.2) is 46.9 Å². The van der Waals surface area contributed by atoms with E-state index >= 15 is 0 Å². The Bertz CT molecular complexity index is 911. The van der Waals surface area contributed by atoms with Crippen LogP contribution in [0.2, 0.25) is 0 Å². The van der Waals surface area contributed by atoms with Gasteiger partial charge < -0.3 is 4.90 Å². The van der Waals surface area contributed by atoms with Gasteiger partial charge in [0, 0.05) is 29.9 Å². The van der Waals surface area contributed by atoms with Gasteiger partial charge in [0.2, 0.25) is 5.91 Å². The van der Waals surface area contributed by atoms with Gasteiger partial charge in [-0.3, -0.25) is 9.69 Å². The molecule has 2 saturated heterocycles. The molecule has 1 amide bonds. The molecule has 2 fully saturated rings. The average molecular weight is 412 g/mol. The number of fused-ring (bicyclic) bond motifs is 1. The zero-order chi connectivity index (χ0) is 18.9. The van der Waals surface area contributed by atoms with Crippen LogP contribution in [0.15, 0.2) is 41.8 Å². The van der Waals surface area contributed by atoms with E-state index < -0.39 is 0 Å². The van der Waals surface area contributed by atoms with E-state index in [4.69, 9.17) is 4.98 Å². The van der Waals surface area contributed by atoms with Crippen molar-refractivity contribution in [1.29, 1.82) is 0 Å². The molecule has 1 unspecified atom stereocenters. The second-order valence-electron chi connectivity index (χ2n) is 7.82. The summed E-state index contributed by atoms with van der Waals surface area (Å²) in [7, 11) is 0. The lowest BCUT2D eigenvalue weighted by atomic mass is 9.97. The van der Waals surface area contributed by atoms with Gasteiger partial charge in [-0.2, -0.15) is 0 Å². The fourth-order valence-electron chi connectivity index (χ4n) is 4.53. The molecular formula is C22H25N3OS2. The first-order valence-corrected chi connectivity index (χ1v) is 11.9. The van der Waals surface area contributed by atoms with Crippen LogP contribution in [-0.2, 0) is 4.79 Å². The lowest BCUT2D eigenvalue weighted by Crippen LogP contribution is -2.43. The molecule has 1 atom stereocenters. The van der Waals surface area contributed by atoms with E-state index in [0.29, 0.717) is 24.4 Å².